The van der Waals surface area contributed by atoms with Crippen molar-refractivity contribution in [2.75, 3.05) is 0 Å². The Kier molecular flexibility index (Phi) is 3.55. The lowest BCUT2D eigenvalue weighted by atomic mass is 9.51. The summed E-state index contributed by atoms with van der Waals surface area (Å²) in [6.07, 6.45) is 4.08. The highest BCUT2D eigenvalue weighted by molar-refractivity contribution is 9.10. The third-order valence-corrected chi connectivity index (χ3v) is 10.4. The molecule has 1 saturated carbocycles. The van der Waals surface area contributed by atoms with E-state index in [0.717, 1.165) is 12.8 Å². The van der Waals surface area contributed by atoms with Crippen molar-refractivity contribution in [1.82, 2.24) is 0 Å². The van der Waals surface area contributed by atoms with Crippen LogP contribution in [-0.2, 0) is 4.74 Å². The van der Waals surface area contributed by atoms with E-state index in [1.54, 1.807) is 0 Å². The van der Waals surface area contributed by atoms with Crippen molar-refractivity contribution in [2.45, 2.75) is 66.2 Å². The number of halogens is 4. The minimum absolute atomic E-state index is 0.00947. The minimum atomic E-state index is -0.518. The van der Waals surface area contributed by atoms with Gasteiger partial charge in [0.15, 0.2) is 0 Å². The fourth-order valence-corrected chi connectivity index (χ4v) is 6.68. The summed E-state index contributed by atoms with van der Waals surface area (Å²) in [5, 5.41) is -0.163. The SMILES string of the molecule is CC1=CC(Cl)C2(Br)OC3CC(C)(Cl)C(Br)CC13C2(C)C. The van der Waals surface area contributed by atoms with Crippen molar-refractivity contribution in [3.05, 3.63) is 11.6 Å². The molecule has 1 heterocycles. The van der Waals surface area contributed by atoms with Crippen LogP contribution in [0.3, 0.4) is 0 Å². The third kappa shape index (κ3) is 1.65. The molecular formula is C15H20Br2Cl2O. The molecule has 6 atom stereocenters. The molecular weight excluding hydrogens is 427 g/mol. The summed E-state index contributed by atoms with van der Waals surface area (Å²) in [6, 6.07) is 0. The van der Waals surface area contributed by atoms with Gasteiger partial charge in [-0.25, -0.2) is 0 Å². The van der Waals surface area contributed by atoms with Gasteiger partial charge in [-0.1, -0.05) is 57.4 Å². The van der Waals surface area contributed by atoms with Gasteiger partial charge in [0.25, 0.3) is 0 Å². The van der Waals surface area contributed by atoms with E-state index >= 15 is 0 Å². The lowest BCUT2D eigenvalue weighted by Crippen LogP contribution is -2.58. The van der Waals surface area contributed by atoms with Crippen molar-refractivity contribution >= 4 is 55.1 Å². The number of fused-ring (bicyclic) bond motifs is 1. The van der Waals surface area contributed by atoms with Gasteiger partial charge in [-0.3, -0.25) is 0 Å². The van der Waals surface area contributed by atoms with Crippen molar-refractivity contribution in [3.8, 4) is 0 Å². The Morgan fingerprint density at radius 3 is 2.50 bits per heavy atom. The lowest BCUT2D eigenvalue weighted by Gasteiger charge is -2.56. The summed E-state index contributed by atoms with van der Waals surface area (Å²) < 4.78 is 5.96. The second kappa shape index (κ2) is 4.41. The monoisotopic (exact) mass is 444 g/mol. The van der Waals surface area contributed by atoms with Crippen LogP contribution in [0.15, 0.2) is 11.6 Å². The highest BCUT2D eigenvalue weighted by Gasteiger charge is 2.74. The second-order valence-electron chi connectivity index (χ2n) is 7.25. The lowest BCUT2D eigenvalue weighted by molar-refractivity contribution is -0.0125. The second-order valence-corrected chi connectivity index (χ2v) is 10.9. The highest BCUT2D eigenvalue weighted by Crippen LogP contribution is 2.73. The molecule has 0 amide bonds. The third-order valence-electron chi connectivity index (χ3n) is 6.02. The molecule has 1 saturated heterocycles. The van der Waals surface area contributed by atoms with Gasteiger partial charge in [-0.2, -0.15) is 0 Å². The number of hydrogen-bond donors (Lipinski definition) is 0. The molecule has 3 rings (SSSR count). The molecule has 1 spiro atoms. The molecule has 0 aromatic heterocycles. The number of hydrogen-bond acceptors (Lipinski definition) is 1. The average molecular weight is 447 g/mol. The molecule has 0 radical (unpaired) electrons. The first-order valence-corrected chi connectivity index (χ1v) is 9.54. The van der Waals surface area contributed by atoms with E-state index in [4.69, 9.17) is 27.9 Å². The summed E-state index contributed by atoms with van der Waals surface area (Å²) >= 11 is 21.0. The van der Waals surface area contributed by atoms with Crippen LogP contribution < -0.4 is 0 Å². The predicted molar refractivity (Wildman–Crippen MR) is 92.4 cm³/mol. The van der Waals surface area contributed by atoms with Crippen molar-refractivity contribution in [3.63, 3.8) is 0 Å². The summed E-state index contributed by atoms with van der Waals surface area (Å²) in [5.74, 6) is 0. The van der Waals surface area contributed by atoms with Crippen LogP contribution in [-0.4, -0.2) is 25.7 Å². The summed E-state index contributed by atoms with van der Waals surface area (Å²) in [4.78, 5) is -0.0181. The maximum Gasteiger partial charge on any atom is 0.148 e. The fourth-order valence-electron chi connectivity index (χ4n) is 4.54. The van der Waals surface area contributed by atoms with Crippen molar-refractivity contribution in [2.24, 2.45) is 10.8 Å². The Morgan fingerprint density at radius 1 is 1.30 bits per heavy atom. The Balaban J connectivity index is 2.19. The molecule has 5 heteroatoms. The quantitative estimate of drug-likeness (QED) is 0.347. The smallest absolute Gasteiger partial charge is 0.148 e. The minimum Gasteiger partial charge on any atom is -0.357 e. The van der Waals surface area contributed by atoms with Crippen LogP contribution in [0.1, 0.15) is 40.5 Å². The molecule has 2 aliphatic carbocycles. The molecule has 0 aromatic carbocycles. The standard InChI is InChI=1S/C15H20Br2Cl2O/c1-8-5-10(18)15(17)12(2,3)14(8)6-9(16)13(4,19)7-11(14)20-15/h5,9-11H,6-7H2,1-4H3. The van der Waals surface area contributed by atoms with Gasteiger partial charge in [0.05, 0.1) is 16.4 Å². The van der Waals surface area contributed by atoms with Gasteiger partial charge >= 0.3 is 0 Å². The van der Waals surface area contributed by atoms with Gasteiger partial charge in [-0.15, -0.1) is 23.2 Å². The zero-order valence-corrected chi connectivity index (χ0v) is 16.8. The summed E-state index contributed by atoms with van der Waals surface area (Å²) in [6.45, 7) is 8.83. The number of ether oxygens (including phenoxy) is 1. The van der Waals surface area contributed by atoms with E-state index in [9.17, 15) is 0 Å². The molecule has 2 fully saturated rings. The zero-order chi connectivity index (χ0) is 15.1. The molecule has 6 unspecified atom stereocenters. The van der Waals surface area contributed by atoms with Gasteiger partial charge in [0, 0.05) is 15.7 Å². The van der Waals surface area contributed by atoms with E-state index in [1.165, 1.54) is 5.57 Å². The molecule has 2 bridgehead atoms. The summed E-state index contributed by atoms with van der Waals surface area (Å²) in [7, 11) is 0. The topological polar surface area (TPSA) is 9.23 Å². The van der Waals surface area contributed by atoms with E-state index in [0.29, 0.717) is 0 Å². The molecule has 1 aliphatic heterocycles. The first kappa shape index (κ1) is 16.1. The molecule has 20 heavy (non-hydrogen) atoms. The average Bonchev–Trinajstić information content (AvgIpc) is 2.41. The van der Waals surface area contributed by atoms with Crippen LogP contribution in [0.25, 0.3) is 0 Å². The fraction of sp³-hybridized carbons (Fsp3) is 0.867. The zero-order valence-electron chi connectivity index (χ0n) is 12.1. The Hall–Kier alpha value is 1.24. The Labute approximate surface area is 148 Å². The Morgan fingerprint density at radius 2 is 1.90 bits per heavy atom. The first-order valence-electron chi connectivity index (χ1n) is 7.02. The van der Waals surface area contributed by atoms with Crippen LogP contribution in [0.5, 0.6) is 0 Å². The van der Waals surface area contributed by atoms with Gasteiger partial charge in [-0.05, 0) is 26.7 Å². The highest BCUT2D eigenvalue weighted by atomic mass is 79.9. The normalized spacial score (nSPS) is 57.2. The van der Waals surface area contributed by atoms with Crippen molar-refractivity contribution in [1.29, 1.82) is 0 Å². The van der Waals surface area contributed by atoms with Gasteiger partial charge in [0.1, 0.15) is 4.51 Å². The van der Waals surface area contributed by atoms with E-state index in [-0.39, 0.29) is 32.0 Å². The number of rotatable bonds is 0. The van der Waals surface area contributed by atoms with Gasteiger partial charge in [0.2, 0.25) is 0 Å². The maximum atomic E-state index is 6.70. The first-order chi connectivity index (χ1) is 8.99. The predicted octanol–water partition coefficient (Wildman–Crippen LogP) is 5.61. The van der Waals surface area contributed by atoms with Crippen LogP contribution >= 0.6 is 55.1 Å². The van der Waals surface area contributed by atoms with E-state index < -0.39 is 4.51 Å². The maximum absolute atomic E-state index is 6.70. The number of alkyl halides is 4. The molecule has 0 N–H and O–H groups in total. The molecule has 1 nitrogen and oxygen atoms in total. The molecule has 114 valence electrons. The largest absolute Gasteiger partial charge is 0.357 e. The van der Waals surface area contributed by atoms with Crippen molar-refractivity contribution < 1.29 is 4.74 Å². The van der Waals surface area contributed by atoms with Crippen LogP contribution in [0.4, 0.5) is 0 Å². The van der Waals surface area contributed by atoms with Crippen LogP contribution in [0, 0.1) is 10.8 Å². The Bertz CT molecular complexity index is 490. The van der Waals surface area contributed by atoms with E-state index in [1.807, 2.05) is 0 Å². The molecule has 3 aliphatic rings. The van der Waals surface area contributed by atoms with Gasteiger partial charge < -0.3 is 4.74 Å². The van der Waals surface area contributed by atoms with E-state index in [2.05, 4.69) is 65.6 Å². The molecule has 0 aromatic rings. The summed E-state index contributed by atoms with van der Waals surface area (Å²) in [5.41, 5.74) is 1.25. The van der Waals surface area contributed by atoms with Crippen LogP contribution in [0.2, 0.25) is 0 Å².